The summed E-state index contributed by atoms with van der Waals surface area (Å²) in [5.41, 5.74) is 0.335. The van der Waals surface area contributed by atoms with Crippen LogP contribution in [0, 0.1) is 17.6 Å². The summed E-state index contributed by atoms with van der Waals surface area (Å²) in [7, 11) is 0. The molecule has 5 heteroatoms. The van der Waals surface area contributed by atoms with Crippen LogP contribution >= 0.6 is 0 Å². The smallest absolute Gasteiger partial charge is 0.221 e. The van der Waals surface area contributed by atoms with Crippen LogP contribution in [0.5, 0.6) is 0 Å². The second-order valence-electron chi connectivity index (χ2n) is 5.51. The summed E-state index contributed by atoms with van der Waals surface area (Å²) in [6.45, 7) is 1.80. The number of rotatable bonds is 5. The maximum atomic E-state index is 13.6. The van der Waals surface area contributed by atoms with Gasteiger partial charge in [-0.05, 0) is 24.0 Å². The molecule has 1 aliphatic rings. The van der Waals surface area contributed by atoms with Gasteiger partial charge >= 0.3 is 0 Å². The fraction of sp³-hybridized carbons (Fsp3) is 0.438. The van der Waals surface area contributed by atoms with Gasteiger partial charge in [-0.15, -0.1) is 0 Å². The normalized spacial score (nSPS) is 22.3. The van der Waals surface area contributed by atoms with E-state index in [1.807, 2.05) is 12.2 Å². The zero-order valence-corrected chi connectivity index (χ0v) is 11.9. The summed E-state index contributed by atoms with van der Waals surface area (Å²) in [6, 6.07) is 3.31. The van der Waals surface area contributed by atoms with Gasteiger partial charge in [-0.25, -0.2) is 8.78 Å². The first-order valence-corrected chi connectivity index (χ1v) is 7.03. The van der Waals surface area contributed by atoms with Crippen molar-refractivity contribution in [2.75, 3.05) is 6.61 Å². The van der Waals surface area contributed by atoms with Gasteiger partial charge in [0.15, 0.2) is 0 Å². The minimum absolute atomic E-state index is 0.0695. The zero-order valence-electron chi connectivity index (χ0n) is 11.9. The summed E-state index contributed by atoms with van der Waals surface area (Å²) in [4.78, 5) is 12.0. The monoisotopic (exact) mass is 295 g/mol. The van der Waals surface area contributed by atoms with Gasteiger partial charge in [0.2, 0.25) is 5.91 Å². The lowest BCUT2D eigenvalue weighted by molar-refractivity contribution is -0.121. The fourth-order valence-electron chi connectivity index (χ4n) is 2.57. The summed E-state index contributed by atoms with van der Waals surface area (Å²) in [6.07, 6.45) is 4.56. The van der Waals surface area contributed by atoms with Crippen molar-refractivity contribution in [3.8, 4) is 0 Å². The molecule has 3 atom stereocenters. The fourth-order valence-corrected chi connectivity index (χ4v) is 2.57. The van der Waals surface area contributed by atoms with Crippen LogP contribution in [-0.2, 0) is 4.79 Å². The lowest BCUT2D eigenvalue weighted by atomic mass is 9.96. The number of benzene rings is 1. The summed E-state index contributed by atoms with van der Waals surface area (Å²) >= 11 is 0. The number of halogens is 2. The third-order valence-corrected chi connectivity index (χ3v) is 3.74. The Morgan fingerprint density at radius 3 is 2.81 bits per heavy atom. The third kappa shape index (κ3) is 4.11. The lowest BCUT2D eigenvalue weighted by Crippen LogP contribution is -2.33. The molecule has 1 aliphatic carbocycles. The Balaban J connectivity index is 1.89. The van der Waals surface area contributed by atoms with Crippen LogP contribution in [0.4, 0.5) is 8.78 Å². The minimum atomic E-state index is -0.628. The van der Waals surface area contributed by atoms with Gasteiger partial charge in [0.05, 0.1) is 0 Å². The molecule has 1 amide bonds. The molecule has 0 bridgehead atoms. The number of aliphatic hydroxyl groups is 1. The first-order chi connectivity index (χ1) is 9.99. The van der Waals surface area contributed by atoms with Crippen LogP contribution in [0.2, 0.25) is 0 Å². The van der Waals surface area contributed by atoms with Crippen LogP contribution in [0.1, 0.15) is 31.2 Å². The first kappa shape index (κ1) is 15.6. The van der Waals surface area contributed by atoms with E-state index < -0.39 is 11.6 Å². The quantitative estimate of drug-likeness (QED) is 0.820. The van der Waals surface area contributed by atoms with E-state index in [-0.39, 0.29) is 36.8 Å². The SMILES string of the molecule is CC(CC(=O)N[C@@H]1C=C[C@H](CO)C1)c1ccc(F)cc1F. The molecule has 0 fully saturated rings. The van der Waals surface area contributed by atoms with Gasteiger partial charge in [0, 0.05) is 31.1 Å². The van der Waals surface area contributed by atoms with Gasteiger partial charge in [-0.2, -0.15) is 0 Å². The Labute approximate surface area is 122 Å². The average molecular weight is 295 g/mol. The molecule has 3 nitrogen and oxygen atoms in total. The van der Waals surface area contributed by atoms with Crippen LogP contribution < -0.4 is 5.32 Å². The molecule has 1 aromatic rings. The van der Waals surface area contributed by atoms with Crippen LogP contribution in [0.25, 0.3) is 0 Å². The maximum absolute atomic E-state index is 13.6. The predicted octanol–water partition coefficient (Wildman–Crippen LogP) is 2.51. The molecular formula is C16H19F2NO2. The first-order valence-electron chi connectivity index (χ1n) is 7.03. The number of amides is 1. The highest BCUT2D eigenvalue weighted by atomic mass is 19.1. The highest BCUT2D eigenvalue weighted by Gasteiger charge is 2.21. The molecule has 0 spiro atoms. The van der Waals surface area contributed by atoms with Crippen molar-refractivity contribution in [2.45, 2.75) is 31.7 Å². The highest BCUT2D eigenvalue weighted by molar-refractivity contribution is 5.77. The van der Waals surface area contributed by atoms with E-state index in [0.29, 0.717) is 12.0 Å². The molecule has 1 unspecified atom stereocenters. The van der Waals surface area contributed by atoms with Crippen molar-refractivity contribution in [3.63, 3.8) is 0 Å². The molecule has 0 saturated heterocycles. The Morgan fingerprint density at radius 2 is 2.19 bits per heavy atom. The Morgan fingerprint density at radius 1 is 1.43 bits per heavy atom. The van der Waals surface area contributed by atoms with E-state index in [2.05, 4.69) is 5.32 Å². The van der Waals surface area contributed by atoms with E-state index >= 15 is 0 Å². The zero-order chi connectivity index (χ0) is 15.4. The van der Waals surface area contributed by atoms with E-state index in [4.69, 9.17) is 5.11 Å². The predicted molar refractivity (Wildman–Crippen MR) is 75.7 cm³/mol. The van der Waals surface area contributed by atoms with Crippen molar-refractivity contribution in [3.05, 3.63) is 47.5 Å². The average Bonchev–Trinajstić information content (AvgIpc) is 2.85. The van der Waals surface area contributed by atoms with Crippen LogP contribution in [-0.4, -0.2) is 23.7 Å². The second kappa shape index (κ2) is 6.80. The minimum Gasteiger partial charge on any atom is -0.396 e. The van der Waals surface area contributed by atoms with Crippen molar-refractivity contribution in [1.82, 2.24) is 5.32 Å². The molecule has 0 heterocycles. The van der Waals surface area contributed by atoms with Crippen molar-refractivity contribution < 1.29 is 18.7 Å². The van der Waals surface area contributed by atoms with E-state index in [9.17, 15) is 13.6 Å². The standard InChI is InChI=1S/C16H19F2NO2/c1-10(14-5-3-12(17)8-15(14)18)6-16(21)19-13-4-2-11(7-13)9-20/h2-5,8,10-11,13,20H,6-7,9H2,1H3,(H,19,21)/t10?,11-,13+/m0/s1. The molecule has 2 N–H and O–H groups in total. The molecular weight excluding hydrogens is 276 g/mol. The summed E-state index contributed by atoms with van der Waals surface area (Å²) in [5, 5.41) is 11.9. The van der Waals surface area contributed by atoms with E-state index in [1.165, 1.54) is 12.1 Å². The van der Waals surface area contributed by atoms with Crippen LogP contribution in [0.3, 0.4) is 0 Å². The molecule has 21 heavy (non-hydrogen) atoms. The number of carbonyl (C=O) groups excluding carboxylic acids is 1. The van der Waals surface area contributed by atoms with Gasteiger partial charge in [0.25, 0.3) is 0 Å². The number of hydrogen-bond donors (Lipinski definition) is 2. The van der Waals surface area contributed by atoms with Gasteiger partial charge in [-0.1, -0.05) is 25.1 Å². The molecule has 1 aromatic carbocycles. The topological polar surface area (TPSA) is 49.3 Å². The molecule has 2 rings (SSSR count). The maximum Gasteiger partial charge on any atom is 0.221 e. The van der Waals surface area contributed by atoms with E-state index in [0.717, 1.165) is 6.07 Å². The molecule has 0 aromatic heterocycles. The molecule has 0 radical (unpaired) electrons. The van der Waals surface area contributed by atoms with Gasteiger partial charge in [-0.3, -0.25) is 4.79 Å². The van der Waals surface area contributed by atoms with Crippen LogP contribution in [0.15, 0.2) is 30.4 Å². The third-order valence-electron chi connectivity index (χ3n) is 3.74. The Kier molecular flexibility index (Phi) is 5.07. The van der Waals surface area contributed by atoms with Gasteiger partial charge < -0.3 is 10.4 Å². The molecule has 0 aliphatic heterocycles. The number of aliphatic hydroxyl groups excluding tert-OH is 1. The van der Waals surface area contributed by atoms with Crippen molar-refractivity contribution in [1.29, 1.82) is 0 Å². The molecule has 114 valence electrons. The summed E-state index contributed by atoms with van der Waals surface area (Å²) in [5.74, 6) is -1.68. The largest absolute Gasteiger partial charge is 0.396 e. The Hall–Kier alpha value is -1.75. The highest BCUT2D eigenvalue weighted by Crippen LogP contribution is 2.23. The van der Waals surface area contributed by atoms with E-state index in [1.54, 1.807) is 6.92 Å². The number of hydrogen-bond acceptors (Lipinski definition) is 2. The molecule has 0 saturated carbocycles. The van der Waals surface area contributed by atoms with Crippen molar-refractivity contribution >= 4 is 5.91 Å². The number of carbonyl (C=O) groups is 1. The second-order valence-corrected chi connectivity index (χ2v) is 5.51. The summed E-state index contributed by atoms with van der Waals surface area (Å²) < 4.78 is 26.5. The number of nitrogens with one attached hydrogen (secondary N) is 1. The Bertz CT molecular complexity index is 545. The van der Waals surface area contributed by atoms with Crippen molar-refractivity contribution in [2.24, 2.45) is 5.92 Å². The lowest BCUT2D eigenvalue weighted by Gasteiger charge is -2.16. The van der Waals surface area contributed by atoms with Gasteiger partial charge in [0.1, 0.15) is 11.6 Å².